The predicted octanol–water partition coefficient (Wildman–Crippen LogP) is 0.406. The standard InChI is InChI=1S/C22H26N6O4/c1-16(21(30)27-10-8-26(9-11-27)13-17-6-4-3-5-7-17)32-19(29)14-28-15-23-20-18(22(28)31)12-24-25(20)2/h3-7,12,15-16H,8-11,13-14H2,1-2H3. The number of fused-ring (bicyclic) bond motifs is 1. The molecule has 4 rings (SSSR count). The molecule has 1 saturated heterocycles. The molecule has 10 heteroatoms. The number of hydrogen-bond acceptors (Lipinski definition) is 7. The molecule has 2 aromatic heterocycles. The first kappa shape index (κ1) is 21.7. The second-order valence-electron chi connectivity index (χ2n) is 7.90. The Morgan fingerprint density at radius 1 is 1.12 bits per heavy atom. The van der Waals surface area contributed by atoms with Crippen molar-refractivity contribution in [3.8, 4) is 0 Å². The van der Waals surface area contributed by atoms with Crippen LogP contribution in [-0.4, -0.2) is 73.3 Å². The number of aryl methyl sites for hydroxylation is 1. The minimum Gasteiger partial charge on any atom is -0.451 e. The molecule has 0 bridgehead atoms. The van der Waals surface area contributed by atoms with Crippen LogP contribution < -0.4 is 5.56 Å². The number of carbonyl (C=O) groups excluding carboxylic acids is 2. The number of nitrogens with zero attached hydrogens (tertiary/aromatic N) is 6. The SMILES string of the molecule is CC(OC(=O)Cn1cnc2c(cnn2C)c1=O)C(=O)N1CCN(Cc2ccccc2)CC1. The monoisotopic (exact) mass is 438 g/mol. The highest BCUT2D eigenvalue weighted by Crippen LogP contribution is 2.10. The van der Waals surface area contributed by atoms with Gasteiger partial charge in [0.2, 0.25) is 0 Å². The third kappa shape index (κ3) is 4.70. The van der Waals surface area contributed by atoms with Crippen LogP contribution in [0.15, 0.2) is 47.7 Å². The maximum atomic E-state index is 12.7. The van der Waals surface area contributed by atoms with Crippen molar-refractivity contribution in [2.24, 2.45) is 7.05 Å². The zero-order valence-corrected chi connectivity index (χ0v) is 18.2. The second-order valence-corrected chi connectivity index (χ2v) is 7.90. The van der Waals surface area contributed by atoms with Crippen LogP contribution in [0.2, 0.25) is 0 Å². The molecular formula is C22H26N6O4. The highest BCUT2D eigenvalue weighted by Gasteiger charge is 2.27. The van der Waals surface area contributed by atoms with Gasteiger partial charge in [-0.2, -0.15) is 5.10 Å². The molecule has 10 nitrogen and oxygen atoms in total. The number of rotatable bonds is 6. The summed E-state index contributed by atoms with van der Waals surface area (Å²) < 4.78 is 7.96. The van der Waals surface area contributed by atoms with Crippen molar-refractivity contribution < 1.29 is 14.3 Å². The summed E-state index contributed by atoms with van der Waals surface area (Å²) in [6.45, 7) is 4.75. The molecule has 0 N–H and O–H groups in total. The fourth-order valence-electron chi connectivity index (χ4n) is 3.83. The van der Waals surface area contributed by atoms with E-state index in [1.54, 1.807) is 18.9 Å². The summed E-state index contributed by atoms with van der Waals surface area (Å²) in [4.78, 5) is 45.7. The lowest BCUT2D eigenvalue weighted by Crippen LogP contribution is -2.51. The van der Waals surface area contributed by atoms with Crippen molar-refractivity contribution >= 4 is 22.9 Å². The zero-order valence-electron chi connectivity index (χ0n) is 18.2. The topological polar surface area (TPSA) is 103 Å². The first-order valence-electron chi connectivity index (χ1n) is 10.5. The van der Waals surface area contributed by atoms with E-state index < -0.39 is 12.1 Å². The summed E-state index contributed by atoms with van der Waals surface area (Å²) in [7, 11) is 1.68. The number of piperazine rings is 1. The van der Waals surface area contributed by atoms with E-state index in [0.717, 1.165) is 24.2 Å². The molecule has 3 aromatic rings. The Morgan fingerprint density at radius 2 is 1.84 bits per heavy atom. The first-order valence-corrected chi connectivity index (χ1v) is 10.5. The van der Waals surface area contributed by atoms with E-state index in [-0.39, 0.29) is 18.0 Å². The molecule has 168 valence electrons. The van der Waals surface area contributed by atoms with Crippen LogP contribution >= 0.6 is 0 Å². The van der Waals surface area contributed by atoms with Gasteiger partial charge in [0, 0.05) is 39.8 Å². The Balaban J connectivity index is 1.29. The fourth-order valence-corrected chi connectivity index (χ4v) is 3.83. The van der Waals surface area contributed by atoms with Gasteiger partial charge in [0.15, 0.2) is 11.8 Å². The third-order valence-corrected chi connectivity index (χ3v) is 5.61. The van der Waals surface area contributed by atoms with E-state index in [9.17, 15) is 14.4 Å². The van der Waals surface area contributed by atoms with Crippen LogP contribution in [0.3, 0.4) is 0 Å². The molecule has 1 amide bonds. The van der Waals surface area contributed by atoms with Crippen molar-refractivity contribution in [3.63, 3.8) is 0 Å². The molecule has 1 fully saturated rings. The highest BCUT2D eigenvalue weighted by molar-refractivity contribution is 5.83. The normalized spacial score (nSPS) is 15.6. The van der Waals surface area contributed by atoms with E-state index in [4.69, 9.17) is 4.74 Å². The van der Waals surface area contributed by atoms with E-state index in [2.05, 4.69) is 27.1 Å². The van der Waals surface area contributed by atoms with Crippen molar-refractivity contribution in [1.82, 2.24) is 29.1 Å². The first-order chi connectivity index (χ1) is 15.4. The summed E-state index contributed by atoms with van der Waals surface area (Å²) in [6.07, 6.45) is 1.77. The Bertz CT molecular complexity index is 1160. The number of carbonyl (C=O) groups is 2. The quantitative estimate of drug-likeness (QED) is 0.514. The summed E-state index contributed by atoms with van der Waals surface area (Å²) in [5, 5.41) is 4.32. The zero-order chi connectivity index (χ0) is 22.7. The van der Waals surface area contributed by atoms with Gasteiger partial charge < -0.3 is 9.64 Å². The Morgan fingerprint density at radius 3 is 2.56 bits per heavy atom. The summed E-state index contributed by atoms with van der Waals surface area (Å²) in [5.74, 6) is -0.897. The molecule has 32 heavy (non-hydrogen) atoms. The van der Waals surface area contributed by atoms with Gasteiger partial charge in [0.1, 0.15) is 18.3 Å². The molecule has 0 spiro atoms. The molecule has 1 atom stereocenters. The molecule has 1 unspecified atom stereocenters. The van der Waals surface area contributed by atoms with Gasteiger partial charge in [0.05, 0.1) is 6.20 Å². The summed E-state index contributed by atoms with van der Waals surface area (Å²) in [6, 6.07) is 10.2. The molecule has 1 aromatic carbocycles. The van der Waals surface area contributed by atoms with Crippen LogP contribution in [0.5, 0.6) is 0 Å². The van der Waals surface area contributed by atoms with E-state index in [1.165, 1.54) is 22.8 Å². The predicted molar refractivity (Wildman–Crippen MR) is 117 cm³/mol. The van der Waals surface area contributed by atoms with Crippen molar-refractivity contribution in [3.05, 3.63) is 58.8 Å². The number of aromatic nitrogens is 4. The number of hydrogen-bond donors (Lipinski definition) is 0. The molecule has 0 radical (unpaired) electrons. The Hall–Kier alpha value is -3.53. The van der Waals surface area contributed by atoms with Crippen molar-refractivity contribution in [2.75, 3.05) is 26.2 Å². The molecule has 0 aliphatic carbocycles. The van der Waals surface area contributed by atoms with Gasteiger partial charge in [0.25, 0.3) is 11.5 Å². The Labute approximate surface area is 185 Å². The average molecular weight is 438 g/mol. The van der Waals surface area contributed by atoms with Gasteiger partial charge in [-0.25, -0.2) is 4.98 Å². The van der Waals surface area contributed by atoms with Crippen LogP contribution in [0.1, 0.15) is 12.5 Å². The number of amides is 1. The second kappa shape index (κ2) is 9.31. The van der Waals surface area contributed by atoms with Crippen LogP contribution in [-0.2, 0) is 34.5 Å². The largest absolute Gasteiger partial charge is 0.451 e. The minimum absolute atomic E-state index is 0.231. The molecule has 0 saturated carbocycles. The van der Waals surface area contributed by atoms with Crippen LogP contribution in [0.4, 0.5) is 0 Å². The van der Waals surface area contributed by atoms with Crippen molar-refractivity contribution in [2.45, 2.75) is 26.1 Å². The molecule has 1 aliphatic heterocycles. The van der Waals surface area contributed by atoms with Crippen molar-refractivity contribution in [1.29, 1.82) is 0 Å². The number of esters is 1. The lowest BCUT2D eigenvalue weighted by molar-refractivity contribution is -0.160. The van der Waals surface area contributed by atoms with Crippen LogP contribution in [0, 0.1) is 0 Å². The maximum Gasteiger partial charge on any atom is 0.326 e. The van der Waals surface area contributed by atoms with Gasteiger partial charge in [-0.15, -0.1) is 0 Å². The van der Waals surface area contributed by atoms with Gasteiger partial charge in [-0.1, -0.05) is 30.3 Å². The van der Waals surface area contributed by atoms with Gasteiger partial charge >= 0.3 is 5.97 Å². The molecule has 1 aliphatic rings. The van der Waals surface area contributed by atoms with E-state index in [1.807, 2.05) is 18.2 Å². The summed E-state index contributed by atoms with van der Waals surface area (Å²) >= 11 is 0. The highest BCUT2D eigenvalue weighted by atomic mass is 16.5. The third-order valence-electron chi connectivity index (χ3n) is 5.61. The van der Waals surface area contributed by atoms with E-state index >= 15 is 0 Å². The minimum atomic E-state index is -0.922. The molecule has 3 heterocycles. The lowest BCUT2D eigenvalue weighted by Gasteiger charge is -2.35. The van der Waals surface area contributed by atoms with Crippen LogP contribution in [0.25, 0.3) is 11.0 Å². The summed E-state index contributed by atoms with van der Waals surface area (Å²) in [5.41, 5.74) is 1.30. The van der Waals surface area contributed by atoms with Gasteiger partial charge in [-0.3, -0.25) is 28.5 Å². The van der Waals surface area contributed by atoms with Gasteiger partial charge in [-0.05, 0) is 12.5 Å². The van der Waals surface area contributed by atoms with E-state index in [0.29, 0.717) is 24.1 Å². The molecular weight excluding hydrogens is 412 g/mol. The number of benzene rings is 1. The maximum absolute atomic E-state index is 12.7. The smallest absolute Gasteiger partial charge is 0.326 e. The fraction of sp³-hybridized carbons (Fsp3) is 0.409. The average Bonchev–Trinajstić information content (AvgIpc) is 3.18. The lowest BCUT2D eigenvalue weighted by atomic mass is 10.2. The Kier molecular flexibility index (Phi) is 6.31. The number of ether oxygens (including phenoxy) is 1.